The van der Waals surface area contributed by atoms with Crippen molar-refractivity contribution in [1.29, 1.82) is 0 Å². The summed E-state index contributed by atoms with van der Waals surface area (Å²) in [6.45, 7) is 4.52. The van der Waals surface area contributed by atoms with Crippen LogP contribution in [-0.4, -0.2) is 34.7 Å². The molecule has 1 heterocycles. The van der Waals surface area contributed by atoms with Gasteiger partial charge in [0.25, 0.3) is 5.91 Å². The second-order valence-corrected chi connectivity index (χ2v) is 7.82. The molecule has 21 heavy (non-hydrogen) atoms. The summed E-state index contributed by atoms with van der Waals surface area (Å²) in [5.41, 5.74) is -0.492. The van der Waals surface area contributed by atoms with E-state index in [1.54, 1.807) is 11.8 Å². The van der Waals surface area contributed by atoms with Gasteiger partial charge in [-0.25, -0.2) is 0 Å². The number of nitrogens with one attached hydrogen (secondary N) is 1. The zero-order valence-electron chi connectivity index (χ0n) is 12.5. The topological polar surface area (TPSA) is 49.3 Å². The number of aliphatic hydroxyl groups is 1. The van der Waals surface area contributed by atoms with Crippen LogP contribution in [0.15, 0.2) is 24.3 Å². The van der Waals surface area contributed by atoms with E-state index < -0.39 is 5.60 Å². The molecule has 1 fully saturated rings. The van der Waals surface area contributed by atoms with E-state index in [0.717, 1.165) is 17.1 Å². The average Bonchev–Trinajstić information content (AvgIpc) is 2.46. The Balaban J connectivity index is 2.01. The monoisotopic (exact) mass is 327 g/mol. The predicted molar refractivity (Wildman–Crippen MR) is 89.0 cm³/mol. The van der Waals surface area contributed by atoms with Crippen molar-refractivity contribution in [2.75, 3.05) is 18.1 Å². The summed E-state index contributed by atoms with van der Waals surface area (Å²) < 4.78 is 0. The minimum atomic E-state index is -1.21. The summed E-state index contributed by atoms with van der Waals surface area (Å²) in [7, 11) is 0. The van der Waals surface area contributed by atoms with Crippen LogP contribution in [0.1, 0.15) is 32.3 Å². The lowest BCUT2D eigenvalue weighted by Gasteiger charge is -2.33. The van der Waals surface area contributed by atoms with Crippen LogP contribution in [0.3, 0.4) is 0 Å². The normalized spacial score (nSPS) is 18.3. The van der Waals surface area contributed by atoms with Crippen molar-refractivity contribution in [2.24, 2.45) is 0 Å². The van der Waals surface area contributed by atoms with E-state index in [1.165, 1.54) is 0 Å². The smallest absolute Gasteiger partial charge is 0.252 e. The first-order chi connectivity index (χ1) is 9.85. The third-order valence-electron chi connectivity index (χ3n) is 4.04. The highest BCUT2D eigenvalue weighted by atomic mass is 35.5. The maximum atomic E-state index is 12.3. The Morgan fingerprint density at radius 3 is 2.62 bits per heavy atom. The Hall–Kier alpha value is -0.710. The Bertz CT molecular complexity index is 513. The van der Waals surface area contributed by atoms with Crippen LogP contribution >= 0.6 is 23.4 Å². The van der Waals surface area contributed by atoms with Gasteiger partial charge in [-0.2, -0.15) is 11.8 Å². The van der Waals surface area contributed by atoms with Crippen LogP contribution in [0.25, 0.3) is 0 Å². The highest BCUT2D eigenvalue weighted by Gasteiger charge is 2.38. The first kappa shape index (κ1) is 16.7. The zero-order valence-corrected chi connectivity index (χ0v) is 14.1. The summed E-state index contributed by atoms with van der Waals surface area (Å²) in [6.07, 6.45) is 1.05. The SMILES string of the molecule is CC(C)(CNC(=O)C1(O)CCSCC1)c1ccccc1Cl. The molecule has 0 aromatic heterocycles. The molecule has 1 amide bonds. The van der Waals surface area contributed by atoms with Crippen LogP contribution in [-0.2, 0) is 10.2 Å². The number of amides is 1. The van der Waals surface area contributed by atoms with Gasteiger partial charge in [-0.3, -0.25) is 4.79 Å². The number of rotatable bonds is 4. The molecule has 3 nitrogen and oxygen atoms in total. The van der Waals surface area contributed by atoms with E-state index >= 15 is 0 Å². The lowest BCUT2D eigenvalue weighted by Crippen LogP contribution is -2.51. The molecule has 0 spiro atoms. The summed E-state index contributed by atoms with van der Waals surface area (Å²) in [5.74, 6) is 1.40. The zero-order chi connectivity index (χ0) is 15.5. The molecule has 0 radical (unpaired) electrons. The van der Waals surface area contributed by atoms with Crippen molar-refractivity contribution in [3.8, 4) is 0 Å². The van der Waals surface area contributed by atoms with Gasteiger partial charge < -0.3 is 10.4 Å². The number of hydrogen-bond acceptors (Lipinski definition) is 3. The van der Waals surface area contributed by atoms with E-state index in [0.29, 0.717) is 24.4 Å². The minimum absolute atomic E-state index is 0.261. The Morgan fingerprint density at radius 2 is 2.00 bits per heavy atom. The molecule has 1 aliphatic rings. The van der Waals surface area contributed by atoms with Crippen LogP contribution in [0, 0.1) is 0 Å². The van der Waals surface area contributed by atoms with Crippen molar-refractivity contribution in [3.63, 3.8) is 0 Å². The molecule has 1 aliphatic heterocycles. The highest BCUT2D eigenvalue weighted by molar-refractivity contribution is 7.99. The van der Waals surface area contributed by atoms with Crippen LogP contribution in [0.4, 0.5) is 0 Å². The Labute approximate surface area is 135 Å². The number of hydrogen-bond donors (Lipinski definition) is 2. The van der Waals surface area contributed by atoms with Gasteiger partial charge in [0.05, 0.1) is 0 Å². The van der Waals surface area contributed by atoms with E-state index in [2.05, 4.69) is 5.32 Å². The molecular formula is C16H22ClNO2S. The van der Waals surface area contributed by atoms with Crippen molar-refractivity contribution >= 4 is 29.3 Å². The average molecular weight is 328 g/mol. The fraction of sp³-hybridized carbons (Fsp3) is 0.562. The molecule has 0 atom stereocenters. The van der Waals surface area contributed by atoms with Gasteiger partial charge in [0.15, 0.2) is 0 Å². The summed E-state index contributed by atoms with van der Waals surface area (Å²) >= 11 is 8.01. The quantitative estimate of drug-likeness (QED) is 0.893. The second-order valence-electron chi connectivity index (χ2n) is 6.19. The Kier molecular flexibility index (Phi) is 5.23. The number of benzene rings is 1. The van der Waals surface area contributed by atoms with Crippen LogP contribution in [0.5, 0.6) is 0 Å². The van der Waals surface area contributed by atoms with Gasteiger partial charge in [-0.1, -0.05) is 43.6 Å². The van der Waals surface area contributed by atoms with Gasteiger partial charge in [0, 0.05) is 17.0 Å². The lowest BCUT2D eigenvalue weighted by atomic mass is 9.84. The van der Waals surface area contributed by atoms with Gasteiger partial charge in [-0.05, 0) is 36.0 Å². The second kappa shape index (κ2) is 6.59. The van der Waals surface area contributed by atoms with Crippen molar-refractivity contribution < 1.29 is 9.90 Å². The van der Waals surface area contributed by atoms with Gasteiger partial charge >= 0.3 is 0 Å². The number of carbonyl (C=O) groups excluding carboxylic acids is 1. The molecule has 0 aliphatic carbocycles. The van der Waals surface area contributed by atoms with E-state index in [4.69, 9.17) is 11.6 Å². The molecule has 1 aromatic rings. The summed E-state index contributed by atoms with van der Waals surface area (Å²) in [6, 6.07) is 7.66. The molecule has 0 bridgehead atoms. The van der Waals surface area contributed by atoms with Gasteiger partial charge in [0.1, 0.15) is 5.60 Å². The first-order valence-electron chi connectivity index (χ1n) is 7.19. The largest absolute Gasteiger partial charge is 0.380 e. The fourth-order valence-electron chi connectivity index (χ4n) is 2.51. The van der Waals surface area contributed by atoms with Gasteiger partial charge in [-0.15, -0.1) is 0 Å². The third-order valence-corrected chi connectivity index (χ3v) is 5.35. The van der Waals surface area contributed by atoms with Crippen LogP contribution in [0.2, 0.25) is 5.02 Å². The highest BCUT2D eigenvalue weighted by Crippen LogP contribution is 2.30. The van der Waals surface area contributed by atoms with E-state index in [9.17, 15) is 9.90 Å². The van der Waals surface area contributed by atoms with Crippen molar-refractivity contribution in [2.45, 2.75) is 37.7 Å². The van der Waals surface area contributed by atoms with E-state index in [1.807, 2.05) is 38.1 Å². The maximum Gasteiger partial charge on any atom is 0.252 e. The van der Waals surface area contributed by atoms with Crippen LogP contribution < -0.4 is 5.32 Å². The molecule has 1 aromatic carbocycles. The lowest BCUT2D eigenvalue weighted by molar-refractivity contribution is -0.140. The van der Waals surface area contributed by atoms with Crippen molar-refractivity contribution in [1.82, 2.24) is 5.32 Å². The molecule has 1 saturated heterocycles. The minimum Gasteiger partial charge on any atom is -0.380 e. The summed E-state index contributed by atoms with van der Waals surface area (Å²) in [4.78, 5) is 12.3. The summed E-state index contributed by atoms with van der Waals surface area (Å²) in [5, 5.41) is 14.0. The maximum absolute atomic E-state index is 12.3. The Morgan fingerprint density at radius 1 is 1.38 bits per heavy atom. The standard InChI is InChI=1S/C16H22ClNO2S/c1-15(2,12-5-3-4-6-13(12)17)11-18-14(19)16(20)7-9-21-10-8-16/h3-6,20H,7-11H2,1-2H3,(H,18,19). The fourth-order valence-corrected chi connectivity index (χ4v) is 4.07. The molecule has 0 saturated carbocycles. The van der Waals surface area contributed by atoms with Crippen molar-refractivity contribution in [3.05, 3.63) is 34.9 Å². The molecule has 2 N–H and O–H groups in total. The molecule has 2 rings (SSSR count). The third kappa shape index (κ3) is 3.93. The molecular weight excluding hydrogens is 306 g/mol. The van der Waals surface area contributed by atoms with Gasteiger partial charge in [0.2, 0.25) is 0 Å². The number of carbonyl (C=O) groups is 1. The number of thioether (sulfide) groups is 1. The molecule has 5 heteroatoms. The molecule has 116 valence electrons. The predicted octanol–water partition coefficient (Wildman–Crippen LogP) is 2.99. The molecule has 0 unspecified atom stereocenters. The van der Waals surface area contributed by atoms with E-state index in [-0.39, 0.29) is 11.3 Å². The number of halogens is 1. The first-order valence-corrected chi connectivity index (χ1v) is 8.72.